The fraction of sp³-hybridized carbons (Fsp3) is 0.190. The molecule has 0 fully saturated rings. The molecule has 1 N–H and O–H groups in total. The first-order valence-electron chi connectivity index (χ1n) is 9.04. The fourth-order valence-electron chi connectivity index (χ4n) is 2.96. The quantitative estimate of drug-likeness (QED) is 0.322. The van der Waals surface area contributed by atoms with Gasteiger partial charge in [-0.15, -0.1) is 0 Å². The average Bonchev–Trinajstić information content (AvgIpc) is 3.43. The normalized spacial score (nSPS) is 11.0. The Kier molecular flexibility index (Phi) is 5.64. The molecular formula is C21H18N2O5Se. The molecular weight excluding hydrogens is 439 g/mol. The number of hydrogen-bond acceptors (Lipinski definition) is 5. The summed E-state index contributed by atoms with van der Waals surface area (Å²) >= 11 is 0.190. The standard InChI is InChI=1S/C21H18N2O5Se/c24-18(25)8-9-19(26)27-13-15-6-7-17(28-15)20-21-16(10-11-29-21)23(22-20)12-14-4-2-1-3-5-14/h1-7,10-11H,8-9,12-13H2,(H,24,25). The van der Waals surface area contributed by atoms with Gasteiger partial charge in [0.25, 0.3) is 0 Å². The molecule has 4 aromatic rings. The number of aliphatic carboxylic acids is 1. The summed E-state index contributed by atoms with van der Waals surface area (Å²) < 4.78 is 14.1. The van der Waals surface area contributed by atoms with Crippen LogP contribution in [-0.2, 0) is 27.5 Å². The van der Waals surface area contributed by atoms with Crippen molar-refractivity contribution in [1.82, 2.24) is 9.78 Å². The van der Waals surface area contributed by atoms with Gasteiger partial charge >= 0.3 is 172 Å². The third-order valence-corrected chi connectivity index (χ3v) is 6.26. The summed E-state index contributed by atoms with van der Waals surface area (Å²) in [5.41, 5.74) is 3.08. The van der Waals surface area contributed by atoms with Crippen molar-refractivity contribution in [3.63, 3.8) is 0 Å². The molecule has 1 aromatic carbocycles. The molecule has 148 valence electrons. The Morgan fingerprint density at radius 3 is 2.72 bits per heavy atom. The average molecular weight is 457 g/mol. The van der Waals surface area contributed by atoms with Crippen molar-refractivity contribution in [3.05, 3.63) is 64.8 Å². The monoisotopic (exact) mass is 458 g/mol. The number of aromatic nitrogens is 2. The van der Waals surface area contributed by atoms with Crippen molar-refractivity contribution >= 4 is 36.2 Å². The zero-order valence-corrected chi connectivity index (χ0v) is 17.1. The molecule has 0 bridgehead atoms. The summed E-state index contributed by atoms with van der Waals surface area (Å²) in [7, 11) is 0. The third-order valence-electron chi connectivity index (χ3n) is 4.35. The number of rotatable bonds is 8. The summed E-state index contributed by atoms with van der Waals surface area (Å²) in [5, 5.41) is 13.4. The Bertz CT molecular complexity index is 1140. The summed E-state index contributed by atoms with van der Waals surface area (Å²) in [5.74, 6) is -0.465. The van der Waals surface area contributed by atoms with Crippen LogP contribution < -0.4 is 0 Å². The molecule has 0 saturated carbocycles. The number of carboxylic acid groups (broad SMARTS) is 1. The first kappa shape index (κ1) is 19.2. The second-order valence-electron chi connectivity index (χ2n) is 6.45. The Morgan fingerprint density at radius 2 is 1.93 bits per heavy atom. The van der Waals surface area contributed by atoms with E-state index in [1.165, 1.54) is 9.82 Å². The molecule has 0 atom stereocenters. The van der Waals surface area contributed by atoms with Crippen LogP contribution in [-0.4, -0.2) is 41.3 Å². The molecule has 0 amide bonds. The summed E-state index contributed by atoms with van der Waals surface area (Å²) in [6, 6.07) is 15.8. The molecule has 0 radical (unpaired) electrons. The Labute approximate surface area is 172 Å². The number of nitrogens with zero attached hydrogens (tertiary/aromatic N) is 2. The molecule has 8 heteroatoms. The molecule has 0 aliphatic rings. The number of carbonyl (C=O) groups excluding carboxylic acids is 1. The van der Waals surface area contributed by atoms with E-state index < -0.39 is 11.9 Å². The first-order chi connectivity index (χ1) is 14.1. The topological polar surface area (TPSA) is 94.6 Å². The Hall–Kier alpha value is -3.09. The summed E-state index contributed by atoms with van der Waals surface area (Å²) in [4.78, 5) is 24.3. The second-order valence-corrected chi connectivity index (χ2v) is 8.37. The number of esters is 1. The molecule has 0 unspecified atom stereocenters. The Balaban J connectivity index is 1.50. The number of hydrogen-bond donors (Lipinski definition) is 1. The Morgan fingerprint density at radius 1 is 1.10 bits per heavy atom. The van der Waals surface area contributed by atoms with E-state index >= 15 is 0 Å². The van der Waals surface area contributed by atoms with E-state index in [0.717, 1.165) is 11.2 Å². The van der Waals surface area contributed by atoms with E-state index in [4.69, 9.17) is 19.4 Å². The van der Waals surface area contributed by atoms with Crippen LogP contribution >= 0.6 is 0 Å². The van der Waals surface area contributed by atoms with Gasteiger partial charge in [-0.1, -0.05) is 0 Å². The van der Waals surface area contributed by atoms with E-state index in [2.05, 4.69) is 23.1 Å². The van der Waals surface area contributed by atoms with Gasteiger partial charge in [-0.05, 0) is 0 Å². The molecule has 3 heterocycles. The fourth-order valence-corrected chi connectivity index (χ4v) is 4.80. The molecule has 0 aliphatic carbocycles. The van der Waals surface area contributed by atoms with Crippen LogP contribution in [0.2, 0.25) is 0 Å². The molecule has 0 saturated heterocycles. The minimum atomic E-state index is -1.03. The molecule has 29 heavy (non-hydrogen) atoms. The van der Waals surface area contributed by atoms with Crippen molar-refractivity contribution < 1.29 is 23.8 Å². The molecule has 0 aliphatic heterocycles. The van der Waals surface area contributed by atoms with Crippen LogP contribution in [0.4, 0.5) is 0 Å². The van der Waals surface area contributed by atoms with E-state index in [0.29, 0.717) is 18.1 Å². The molecule has 4 rings (SSSR count). The van der Waals surface area contributed by atoms with Gasteiger partial charge in [-0.3, -0.25) is 0 Å². The van der Waals surface area contributed by atoms with Crippen LogP contribution in [0.1, 0.15) is 24.2 Å². The molecule has 7 nitrogen and oxygen atoms in total. The molecule has 3 aromatic heterocycles. The molecule has 0 spiro atoms. The van der Waals surface area contributed by atoms with E-state index in [1.807, 2.05) is 28.9 Å². The summed E-state index contributed by atoms with van der Waals surface area (Å²) in [6.45, 7) is 0.646. The van der Waals surface area contributed by atoms with E-state index in [-0.39, 0.29) is 34.0 Å². The van der Waals surface area contributed by atoms with Crippen molar-refractivity contribution in [2.75, 3.05) is 0 Å². The number of furan rings is 1. The van der Waals surface area contributed by atoms with Gasteiger partial charge in [0, 0.05) is 0 Å². The SMILES string of the molecule is O=C(O)CCC(=O)OCc1ccc(-c2nn(Cc3ccccc3)c3cc[se]c23)o1. The van der Waals surface area contributed by atoms with Crippen molar-refractivity contribution in [3.8, 4) is 11.5 Å². The second kappa shape index (κ2) is 8.51. The third kappa shape index (κ3) is 4.50. The van der Waals surface area contributed by atoms with E-state index in [1.54, 1.807) is 6.07 Å². The van der Waals surface area contributed by atoms with Gasteiger partial charge in [-0.25, -0.2) is 0 Å². The van der Waals surface area contributed by atoms with Gasteiger partial charge in [0.2, 0.25) is 0 Å². The zero-order chi connectivity index (χ0) is 20.2. The van der Waals surface area contributed by atoms with Crippen LogP contribution in [0.3, 0.4) is 0 Å². The van der Waals surface area contributed by atoms with Crippen LogP contribution in [0.25, 0.3) is 21.2 Å². The number of carbonyl (C=O) groups is 2. The van der Waals surface area contributed by atoms with Crippen molar-refractivity contribution in [1.29, 1.82) is 0 Å². The van der Waals surface area contributed by atoms with Crippen molar-refractivity contribution in [2.45, 2.75) is 26.0 Å². The first-order valence-corrected chi connectivity index (χ1v) is 10.9. The maximum absolute atomic E-state index is 11.6. The van der Waals surface area contributed by atoms with Gasteiger partial charge < -0.3 is 0 Å². The van der Waals surface area contributed by atoms with Crippen LogP contribution in [0.15, 0.2) is 57.9 Å². The predicted octanol–water partition coefficient (Wildman–Crippen LogP) is 3.31. The number of ether oxygens (including phenoxy) is 1. The maximum atomic E-state index is 11.6. The number of carboxylic acids is 1. The van der Waals surface area contributed by atoms with Crippen molar-refractivity contribution in [2.24, 2.45) is 0 Å². The van der Waals surface area contributed by atoms with Gasteiger partial charge in [0.15, 0.2) is 0 Å². The zero-order valence-electron chi connectivity index (χ0n) is 15.4. The number of fused-ring (bicyclic) bond motifs is 1. The van der Waals surface area contributed by atoms with Gasteiger partial charge in [0.1, 0.15) is 0 Å². The number of benzene rings is 1. The predicted molar refractivity (Wildman–Crippen MR) is 107 cm³/mol. The van der Waals surface area contributed by atoms with Crippen LogP contribution in [0, 0.1) is 0 Å². The van der Waals surface area contributed by atoms with Gasteiger partial charge in [-0.2, -0.15) is 0 Å². The van der Waals surface area contributed by atoms with Crippen LogP contribution in [0.5, 0.6) is 0 Å². The van der Waals surface area contributed by atoms with E-state index in [9.17, 15) is 9.59 Å². The van der Waals surface area contributed by atoms with Gasteiger partial charge in [0.05, 0.1) is 0 Å². The summed E-state index contributed by atoms with van der Waals surface area (Å²) in [6.07, 6.45) is -0.406. The minimum absolute atomic E-state index is 0.0330.